The molecule has 20 heavy (non-hydrogen) atoms. The summed E-state index contributed by atoms with van der Waals surface area (Å²) in [6.07, 6.45) is 0. The Kier molecular flexibility index (Phi) is 3.98. The van der Waals surface area contributed by atoms with Crippen LogP contribution in [0.5, 0.6) is 0 Å². The van der Waals surface area contributed by atoms with E-state index in [2.05, 4.69) is 11.4 Å². The zero-order chi connectivity index (χ0) is 14.5. The summed E-state index contributed by atoms with van der Waals surface area (Å²) in [7, 11) is 0. The van der Waals surface area contributed by atoms with Crippen molar-refractivity contribution in [3.63, 3.8) is 0 Å². The van der Waals surface area contributed by atoms with E-state index in [1.165, 1.54) is 6.07 Å². The van der Waals surface area contributed by atoms with Crippen molar-refractivity contribution in [2.45, 2.75) is 13.0 Å². The van der Waals surface area contributed by atoms with Gasteiger partial charge in [-0.2, -0.15) is 10.5 Å². The molecule has 0 bridgehead atoms. The van der Waals surface area contributed by atoms with Gasteiger partial charge in [-0.1, -0.05) is 12.1 Å². The molecule has 2 aromatic carbocycles. The summed E-state index contributed by atoms with van der Waals surface area (Å²) in [6, 6.07) is 15.3. The summed E-state index contributed by atoms with van der Waals surface area (Å²) in [5.41, 5.74) is 2.18. The zero-order valence-corrected chi connectivity index (χ0v) is 10.9. The molecule has 1 atom stereocenters. The molecule has 3 nitrogen and oxygen atoms in total. The van der Waals surface area contributed by atoms with Crippen molar-refractivity contribution in [1.29, 1.82) is 10.5 Å². The van der Waals surface area contributed by atoms with Crippen LogP contribution in [0.3, 0.4) is 0 Å². The summed E-state index contributed by atoms with van der Waals surface area (Å²) in [5.74, 6) is -0.454. The number of nitrogens with one attached hydrogen (secondary N) is 1. The fraction of sp³-hybridized carbons (Fsp3) is 0.125. The Morgan fingerprint density at radius 3 is 2.15 bits per heavy atom. The van der Waals surface area contributed by atoms with E-state index in [9.17, 15) is 4.39 Å². The molecule has 0 aliphatic rings. The van der Waals surface area contributed by atoms with Gasteiger partial charge < -0.3 is 5.32 Å². The second-order valence-electron chi connectivity index (χ2n) is 4.41. The van der Waals surface area contributed by atoms with Gasteiger partial charge in [0.1, 0.15) is 5.82 Å². The summed E-state index contributed by atoms with van der Waals surface area (Å²) in [6.45, 7) is 1.90. The fourth-order valence-corrected chi connectivity index (χ4v) is 1.86. The Bertz CT molecular complexity index is 693. The highest BCUT2D eigenvalue weighted by molar-refractivity contribution is 5.50. The molecule has 0 spiro atoms. The topological polar surface area (TPSA) is 59.6 Å². The van der Waals surface area contributed by atoms with Crippen molar-refractivity contribution < 1.29 is 4.39 Å². The summed E-state index contributed by atoms with van der Waals surface area (Å²) in [5, 5.41) is 20.5. The molecule has 1 unspecified atom stereocenters. The Hall–Kier alpha value is -2.85. The van der Waals surface area contributed by atoms with Gasteiger partial charge in [-0.3, -0.25) is 0 Å². The van der Waals surface area contributed by atoms with Gasteiger partial charge in [-0.25, -0.2) is 4.39 Å². The lowest BCUT2D eigenvalue weighted by molar-refractivity contribution is 0.627. The van der Waals surface area contributed by atoms with E-state index >= 15 is 0 Å². The number of hydrogen-bond acceptors (Lipinski definition) is 3. The first-order chi connectivity index (χ1) is 9.63. The Morgan fingerprint density at radius 1 is 1.00 bits per heavy atom. The number of nitrogens with zero attached hydrogens (tertiary/aromatic N) is 2. The van der Waals surface area contributed by atoms with Gasteiger partial charge in [0.15, 0.2) is 0 Å². The van der Waals surface area contributed by atoms with E-state index in [1.807, 2.05) is 25.1 Å². The molecular formula is C16H12FN3. The molecule has 2 aromatic rings. The number of rotatable bonds is 3. The minimum atomic E-state index is -0.454. The van der Waals surface area contributed by atoms with Crippen LogP contribution in [-0.4, -0.2) is 0 Å². The third-order valence-corrected chi connectivity index (χ3v) is 3.01. The highest BCUT2D eigenvalue weighted by Crippen LogP contribution is 2.22. The van der Waals surface area contributed by atoms with Gasteiger partial charge in [0, 0.05) is 6.04 Å². The number of halogens is 1. The van der Waals surface area contributed by atoms with Crippen molar-refractivity contribution in [3.8, 4) is 12.1 Å². The molecule has 0 aliphatic carbocycles. The standard InChI is InChI=1S/C16H12FN3/c1-11(14-5-2-12(9-18)3-6-14)20-16-7-4-13(10-19)8-15(16)17/h2-8,11,20H,1H3. The SMILES string of the molecule is CC(Nc1ccc(C#N)cc1F)c1ccc(C#N)cc1. The molecule has 0 saturated carbocycles. The van der Waals surface area contributed by atoms with Gasteiger partial charge >= 0.3 is 0 Å². The zero-order valence-electron chi connectivity index (χ0n) is 10.9. The van der Waals surface area contributed by atoms with Gasteiger partial charge in [0.05, 0.1) is 29.0 Å². The number of nitriles is 2. The van der Waals surface area contributed by atoms with Crippen molar-refractivity contribution in [3.05, 3.63) is 65.0 Å². The predicted molar refractivity (Wildman–Crippen MR) is 74.3 cm³/mol. The molecule has 0 aliphatic heterocycles. The average Bonchev–Trinajstić information content (AvgIpc) is 2.49. The minimum Gasteiger partial charge on any atom is -0.376 e. The number of anilines is 1. The van der Waals surface area contributed by atoms with Crippen molar-refractivity contribution in [2.24, 2.45) is 0 Å². The van der Waals surface area contributed by atoms with Gasteiger partial charge in [0.2, 0.25) is 0 Å². The second kappa shape index (κ2) is 5.86. The van der Waals surface area contributed by atoms with E-state index < -0.39 is 5.82 Å². The Morgan fingerprint density at radius 2 is 1.60 bits per heavy atom. The van der Waals surface area contributed by atoms with Crippen molar-refractivity contribution >= 4 is 5.69 Å². The molecule has 2 rings (SSSR count). The largest absolute Gasteiger partial charge is 0.376 e. The molecule has 1 N–H and O–H groups in total. The highest BCUT2D eigenvalue weighted by atomic mass is 19.1. The van der Waals surface area contributed by atoms with Crippen LogP contribution in [0.1, 0.15) is 29.7 Å². The maximum Gasteiger partial charge on any atom is 0.147 e. The minimum absolute atomic E-state index is 0.106. The van der Waals surface area contributed by atoms with E-state index in [-0.39, 0.29) is 6.04 Å². The normalized spacial score (nSPS) is 11.2. The van der Waals surface area contributed by atoms with Crippen molar-refractivity contribution in [1.82, 2.24) is 0 Å². The van der Waals surface area contributed by atoms with Crippen LogP contribution in [0, 0.1) is 28.5 Å². The predicted octanol–water partition coefficient (Wildman–Crippen LogP) is 3.74. The summed E-state index contributed by atoms with van der Waals surface area (Å²) in [4.78, 5) is 0. The monoisotopic (exact) mass is 265 g/mol. The molecule has 0 fully saturated rings. The molecular weight excluding hydrogens is 253 g/mol. The second-order valence-corrected chi connectivity index (χ2v) is 4.41. The lowest BCUT2D eigenvalue weighted by Crippen LogP contribution is -2.08. The Labute approximate surface area is 116 Å². The quantitative estimate of drug-likeness (QED) is 0.919. The third kappa shape index (κ3) is 2.93. The van der Waals surface area contributed by atoms with Crippen LogP contribution in [0.2, 0.25) is 0 Å². The molecule has 4 heteroatoms. The van der Waals surface area contributed by atoms with E-state index in [0.717, 1.165) is 5.56 Å². The first kappa shape index (κ1) is 13.6. The molecule has 0 saturated heterocycles. The van der Waals surface area contributed by atoms with Crippen LogP contribution in [0.15, 0.2) is 42.5 Å². The van der Waals surface area contributed by atoms with Crippen LogP contribution >= 0.6 is 0 Å². The number of benzene rings is 2. The van der Waals surface area contributed by atoms with E-state index in [0.29, 0.717) is 16.8 Å². The van der Waals surface area contributed by atoms with Crippen molar-refractivity contribution in [2.75, 3.05) is 5.32 Å². The summed E-state index contributed by atoms with van der Waals surface area (Å²) < 4.78 is 13.8. The fourth-order valence-electron chi connectivity index (χ4n) is 1.86. The molecule has 0 heterocycles. The van der Waals surface area contributed by atoms with Crippen LogP contribution in [-0.2, 0) is 0 Å². The maximum atomic E-state index is 13.8. The van der Waals surface area contributed by atoms with Gasteiger partial charge in [-0.15, -0.1) is 0 Å². The van der Waals surface area contributed by atoms with Crippen LogP contribution in [0.25, 0.3) is 0 Å². The maximum absolute atomic E-state index is 13.8. The molecule has 0 aromatic heterocycles. The van der Waals surface area contributed by atoms with E-state index in [1.54, 1.807) is 24.3 Å². The lowest BCUT2D eigenvalue weighted by atomic mass is 10.1. The molecule has 0 amide bonds. The average molecular weight is 265 g/mol. The lowest BCUT2D eigenvalue weighted by Gasteiger charge is -2.16. The first-order valence-electron chi connectivity index (χ1n) is 6.10. The first-order valence-corrected chi connectivity index (χ1v) is 6.10. The molecule has 98 valence electrons. The number of hydrogen-bond donors (Lipinski definition) is 1. The third-order valence-electron chi connectivity index (χ3n) is 3.01. The summed E-state index contributed by atoms with van der Waals surface area (Å²) >= 11 is 0. The highest BCUT2D eigenvalue weighted by Gasteiger charge is 2.09. The van der Waals surface area contributed by atoms with E-state index in [4.69, 9.17) is 10.5 Å². The Balaban J connectivity index is 2.17. The van der Waals surface area contributed by atoms with Crippen LogP contribution < -0.4 is 5.32 Å². The molecule has 0 radical (unpaired) electrons. The van der Waals surface area contributed by atoms with Crippen LogP contribution in [0.4, 0.5) is 10.1 Å². The van der Waals surface area contributed by atoms with Gasteiger partial charge in [-0.05, 0) is 42.8 Å². The smallest absolute Gasteiger partial charge is 0.147 e. The van der Waals surface area contributed by atoms with Gasteiger partial charge in [0.25, 0.3) is 0 Å².